The van der Waals surface area contributed by atoms with Crippen LogP contribution in [0.2, 0.25) is 0 Å². The zero-order chi connectivity index (χ0) is 19.5. The molecule has 0 N–H and O–H groups in total. The van der Waals surface area contributed by atoms with Gasteiger partial charge in [0.05, 0.1) is 0 Å². The second-order valence-electron chi connectivity index (χ2n) is 9.68. The van der Waals surface area contributed by atoms with Crippen LogP contribution in [0.5, 0.6) is 5.75 Å². The lowest BCUT2D eigenvalue weighted by Gasteiger charge is -2.45. The summed E-state index contributed by atoms with van der Waals surface area (Å²) in [7, 11) is 0. The monoisotopic (exact) mass is 384 g/mol. The van der Waals surface area contributed by atoms with Gasteiger partial charge in [0.15, 0.2) is 11.6 Å². The number of ether oxygens (including phenoxy) is 1. The predicted molar refractivity (Wildman–Crippen MR) is 114 cm³/mol. The van der Waals surface area contributed by atoms with Gasteiger partial charge in [-0.1, -0.05) is 44.9 Å². The highest BCUT2D eigenvalue weighted by Gasteiger charge is 2.38. The van der Waals surface area contributed by atoms with Crippen molar-refractivity contribution in [1.82, 2.24) is 0 Å². The van der Waals surface area contributed by atoms with E-state index in [1.54, 1.807) is 6.08 Å². The van der Waals surface area contributed by atoms with Gasteiger partial charge in [-0.15, -0.1) is 0 Å². The predicted octanol–water partition coefficient (Wildman–Crippen LogP) is 7.13. The lowest BCUT2D eigenvalue weighted by molar-refractivity contribution is 0.0693. The summed E-state index contributed by atoms with van der Waals surface area (Å²) in [5.41, 5.74) is 2.14. The number of rotatable bonds is 6. The highest BCUT2D eigenvalue weighted by atomic mass is 19.1. The number of halogens is 1. The van der Waals surface area contributed by atoms with Crippen molar-refractivity contribution >= 4 is 0 Å². The second-order valence-corrected chi connectivity index (χ2v) is 9.68. The summed E-state index contributed by atoms with van der Waals surface area (Å²) in [6, 6.07) is 3.94. The Hall–Kier alpha value is -1.31. The summed E-state index contributed by atoms with van der Waals surface area (Å²) in [6.45, 7) is 6.35. The maximum Gasteiger partial charge on any atom is 0.168 e. The van der Waals surface area contributed by atoms with E-state index in [0.29, 0.717) is 12.4 Å². The molecule has 2 fully saturated rings. The van der Waals surface area contributed by atoms with E-state index < -0.39 is 0 Å². The van der Waals surface area contributed by atoms with E-state index in [4.69, 9.17) is 4.74 Å². The van der Waals surface area contributed by atoms with Crippen LogP contribution in [-0.4, -0.2) is 6.61 Å². The third-order valence-corrected chi connectivity index (χ3v) is 8.03. The summed E-state index contributed by atoms with van der Waals surface area (Å²) < 4.78 is 20.3. The Morgan fingerprint density at radius 2 is 1.79 bits per heavy atom. The van der Waals surface area contributed by atoms with E-state index in [-0.39, 0.29) is 5.82 Å². The van der Waals surface area contributed by atoms with Gasteiger partial charge in [0.25, 0.3) is 0 Å². The van der Waals surface area contributed by atoms with Crippen molar-refractivity contribution in [1.29, 1.82) is 0 Å². The van der Waals surface area contributed by atoms with Crippen molar-refractivity contribution < 1.29 is 9.13 Å². The molecular weight excluding hydrogens is 347 g/mol. The van der Waals surface area contributed by atoms with E-state index in [2.05, 4.69) is 19.6 Å². The summed E-state index contributed by atoms with van der Waals surface area (Å²) >= 11 is 0. The van der Waals surface area contributed by atoms with Crippen molar-refractivity contribution in [2.24, 2.45) is 29.6 Å². The molecule has 1 aromatic rings. The van der Waals surface area contributed by atoms with Crippen molar-refractivity contribution in [2.45, 2.75) is 77.6 Å². The molecule has 4 rings (SSSR count). The molecule has 1 aromatic carbocycles. The maximum atomic E-state index is 14.8. The number of hydrogen-bond acceptors (Lipinski definition) is 1. The van der Waals surface area contributed by atoms with Gasteiger partial charge in [0.1, 0.15) is 6.61 Å². The van der Waals surface area contributed by atoms with Crippen LogP contribution in [0.4, 0.5) is 4.39 Å². The summed E-state index contributed by atoms with van der Waals surface area (Å²) in [4.78, 5) is 0. The first-order valence-corrected chi connectivity index (χ1v) is 11.7. The Bertz CT molecular complexity index is 681. The molecule has 0 amide bonds. The molecule has 0 bridgehead atoms. The molecule has 0 aromatic heterocycles. The largest absolute Gasteiger partial charge is 0.486 e. The average Bonchev–Trinajstić information content (AvgIpc) is 2.73. The Labute approximate surface area is 170 Å². The molecule has 0 saturated heterocycles. The zero-order valence-corrected chi connectivity index (χ0v) is 17.6. The SMILES string of the molecule is C=CCOc1ccc2c(c1F)CCC(C1CCC3CC(CCC)CCC3C1)C2. The third kappa shape index (κ3) is 4.16. The normalized spacial score (nSPS) is 32.3. The number of benzene rings is 1. The standard InChI is InChI=1S/C26H37FO/c1-3-5-18-6-7-20-16-21(9-8-19(20)15-18)22-10-12-24-23(17-22)11-13-25(26(24)27)28-14-4-2/h4,11,13,18-22H,2-3,5-10,12,14-17H2,1H3. The molecule has 3 aliphatic rings. The fourth-order valence-corrected chi connectivity index (χ4v) is 6.60. The molecule has 5 unspecified atom stereocenters. The van der Waals surface area contributed by atoms with Gasteiger partial charge in [-0.05, 0) is 98.1 Å². The van der Waals surface area contributed by atoms with Crippen LogP contribution in [0.25, 0.3) is 0 Å². The highest BCUT2D eigenvalue weighted by Crippen LogP contribution is 2.49. The first kappa shape index (κ1) is 20.0. The highest BCUT2D eigenvalue weighted by molar-refractivity contribution is 5.39. The second kappa shape index (κ2) is 9.01. The zero-order valence-electron chi connectivity index (χ0n) is 17.6. The summed E-state index contributed by atoms with van der Waals surface area (Å²) in [5.74, 6) is 4.85. The topological polar surface area (TPSA) is 9.23 Å². The van der Waals surface area contributed by atoms with Crippen LogP contribution in [-0.2, 0) is 12.8 Å². The van der Waals surface area contributed by atoms with Crippen LogP contribution < -0.4 is 4.74 Å². The first-order valence-electron chi connectivity index (χ1n) is 11.7. The minimum Gasteiger partial charge on any atom is -0.486 e. The first-order chi connectivity index (χ1) is 13.7. The third-order valence-electron chi connectivity index (χ3n) is 8.03. The van der Waals surface area contributed by atoms with Crippen molar-refractivity contribution in [3.8, 4) is 5.75 Å². The Morgan fingerprint density at radius 1 is 1.04 bits per heavy atom. The molecular formula is C26H37FO. The minimum atomic E-state index is -0.129. The van der Waals surface area contributed by atoms with Crippen LogP contribution in [0.15, 0.2) is 24.8 Å². The van der Waals surface area contributed by atoms with Crippen molar-refractivity contribution in [3.05, 3.63) is 41.7 Å². The van der Waals surface area contributed by atoms with Crippen molar-refractivity contribution in [2.75, 3.05) is 6.61 Å². The molecule has 0 spiro atoms. The van der Waals surface area contributed by atoms with E-state index in [1.807, 2.05) is 6.07 Å². The lowest BCUT2D eigenvalue weighted by Crippen LogP contribution is -2.35. The Morgan fingerprint density at radius 3 is 2.57 bits per heavy atom. The Balaban J connectivity index is 1.38. The van der Waals surface area contributed by atoms with Crippen LogP contribution in [0.3, 0.4) is 0 Å². The molecule has 0 heterocycles. The molecule has 28 heavy (non-hydrogen) atoms. The fourth-order valence-electron chi connectivity index (χ4n) is 6.60. The summed E-state index contributed by atoms with van der Waals surface area (Å²) in [5, 5.41) is 0. The van der Waals surface area contributed by atoms with E-state index >= 15 is 0 Å². The van der Waals surface area contributed by atoms with Crippen LogP contribution in [0.1, 0.15) is 75.8 Å². The quantitative estimate of drug-likeness (QED) is 0.474. The van der Waals surface area contributed by atoms with Gasteiger partial charge in [-0.25, -0.2) is 4.39 Å². The minimum absolute atomic E-state index is 0.129. The average molecular weight is 385 g/mol. The van der Waals surface area contributed by atoms with Gasteiger partial charge in [-0.3, -0.25) is 0 Å². The van der Waals surface area contributed by atoms with Gasteiger partial charge >= 0.3 is 0 Å². The number of hydrogen-bond donors (Lipinski definition) is 0. The molecule has 2 saturated carbocycles. The molecule has 0 radical (unpaired) electrons. The summed E-state index contributed by atoms with van der Waals surface area (Å²) in [6.07, 6.45) is 16.3. The molecule has 5 atom stereocenters. The van der Waals surface area contributed by atoms with E-state index in [1.165, 1.54) is 56.9 Å². The molecule has 154 valence electrons. The Kier molecular flexibility index (Phi) is 6.43. The van der Waals surface area contributed by atoms with Gasteiger partial charge in [0, 0.05) is 0 Å². The van der Waals surface area contributed by atoms with Gasteiger partial charge in [0.2, 0.25) is 0 Å². The molecule has 0 aliphatic heterocycles. The van der Waals surface area contributed by atoms with Crippen LogP contribution >= 0.6 is 0 Å². The van der Waals surface area contributed by atoms with Crippen LogP contribution in [0, 0.1) is 35.4 Å². The van der Waals surface area contributed by atoms with Crippen molar-refractivity contribution in [3.63, 3.8) is 0 Å². The molecule has 1 nitrogen and oxygen atoms in total. The maximum absolute atomic E-state index is 14.8. The lowest BCUT2D eigenvalue weighted by atomic mass is 9.61. The molecule has 2 heteroatoms. The fraction of sp³-hybridized carbons (Fsp3) is 0.692. The van der Waals surface area contributed by atoms with E-state index in [0.717, 1.165) is 54.4 Å². The smallest absolute Gasteiger partial charge is 0.168 e. The number of fused-ring (bicyclic) bond motifs is 2. The van der Waals surface area contributed by atoms with E-state index in [9.17, 15) is 4.39 Å². The van der Waals surface area contributed by atoms with Gasteiger partial charge < -0.3 is 4.74 Å². The molecule has 3 aliphatic carbocycles. The van der Waals surface area contributed by atoms with Gasteiger partial charge in [-0.2, -0.15) is 0 Å².